The summed E-state index contributed by atoms with van der Waals surface area (Å²) < 4.78 is 0. The highest BCUT2D eigenvalue weighted by Crippen LogP contribution is 2.64. The number of rotatable bonds is 5. The summed E-state index contributed by atoms with van der Waals surface area (Å²) in [7, 11) is 0. The third kappa shape index (κ3) is 5.59. The van der Waals surface area contributed by atoms with Crippen molar-refractivity contribution in [1.82, 2.24) is 15.0 Å². The van der Waals surface area contributed by atoms with Crippen LogP contribution in [0.1, 0.15) is 22.3 Å². The third-order valence-corrected chi connectivity index (χ3v) is 14.3. The Bertz CT molecular complexity index is 3520. The van der Waals surface area contributed by atoms with Crippen molar-refractivity contribution >= 4 is 33.4 Å². The molecule has 0 N–H and O–H groups in total. The largest absolute Gasteiger partial charge is 0.247 e. The van der Waals surface area contributed by atoms with E-state index in [0.717, 1.165) is 66.8 Å². The van der Waals surface area contributed by atoms with Gasteiger partial charge in [-0.1, -0.05) is 206 Å². The Morgan fingerprint density at radius 2 is 0.875 bits per heavy atom. The molecular formula is C60H37N3S. The lowest BCUT2D eigenvalue weighted by Gasteiger charge is -2.39. The molecule has 2 aromatic heterocycles. The Morgan fingerprint density at radius 1 is 0.344 bits per heavy atom. The second-order valence-corrected chi connectivity index (χ2v) is 17.7. The van der Waals surface area contributed by atoms with E-state index < -0.39 is 5.41 Å². The molecule has 2 aliphatic rings. The fraction of sp³-hybridized carbons (Fsp3) is 0.0167. The van der Waals surface area contributed by atoms with E-state index in [-0.39, 0.29) is 0 Å². The van der Waals surface area contributed by atoms with Crippen molar-refractivity contribution in [3.8, 4) is 67.4 Å². The summed E-state index contributed by atoms with van der Waals surface area (Å²) in [6.07, 6.45) is 0. The van der Waals surface area contributed by atoms with Gasteiger partial charge in [0.2, 0.25) is 0 Å². The van der Waals surface area contributed by atoms with Gasteiger partial charge in [-0.15, -0.1) is 0 Å². The molecule has 64 heavy (non-hydrogen) atoms. The summed E-state index contributed by atoms with van der Waals surface area (Å²) in [6.45, 7) is 0. The molecule has 0 unspecified atom stereocenters. The van der Waals surface area contributed by atoms with E-state index in [0.29, 0.717) is 5.82 Å². The first-order valence-corrected chi connectivity index (χ1v) is 22.6. The first-order valence-electron chi connectivity index (χ1n) is 21.8. The molecule has 0 saturated carbocycles. The maximum atomic E-state index is 5.36. The predicted octanol–water partition coefficient (Wildman–Crippen LogP) is 15.3. The zero-order valence-corrected chi connectivity index (χ0v) is 35.4. The van der Waals surface area contributed by atoms with Crippen LogP contribution >= 0.6 is 11.8 Å². The molecule has 1 aliphatic heterocycles. The van der Waals surface area contributed by atoms with Crippen LogP contribution in [0.5, 0.6) is 0 Å². The Balaban J connectivity index is 1.04. The van der Waals surface area contributed by atoms with Gasteiger partial charge in [-0.05, 0) is 74.8 Å². The van der Waals surface area contributed by atoms with E-state index in [2.05, 4.69) is 200 Å². The maximum absolute atomic E-state index is 5.36. The molecule has 3 nitrogen and oxygen atoms in total. The van der Waals surface area contributed by atoms with Crippen LogP contribution in [0.15, 0.2) is 234 Å². The SMILES string of the molecule is c1ccc(-c2cc(-c3ccc(-c4ccc5c(c4)-c4c(ccc6c(-c7ccccc7)nc7ccccc7c46)C54c5ccccc5Sc5ccccc54)cc3)nc(-c3ccccc3)n2)cc1. The van der Waals surface area contributed by atoms with Crippen molar-refractivity contribution in [2.45, 2.75) is 15.2 Å². The van der Waals surface area contributed by atoms with Crippen LogP contribution in [0, 0.1) is 0 Å². The Hall–Kier alpha value is -7.92. The number of benzene rings is 9. The molecule has 4 heteroatoms. The van der Waals surface area contributed by atoms with Gasteiger partial charge in [-0.25, -0.2) is 15.0 Å². The van der Waals surface area contributed by atoms with Gasteiger partial charge < -0.3 is 0 Å². The van der Waals surface area contributed by atoms with Gasteiger partial charge in [0.1, 0.15) is 0 Å². The molecule has 3 heterocycles. The van der Waals surface area contributed by atoms with E-state index in [4.69, 9.17) is 15.0 Å². The van der Waals surface area contributed by atoms with Crippen molar-refractivity contribution in [3.05, 3.63) is 247 Å². The zero-order chi connectivity index (χ0) is 42.2. The van der Waals surface area contributed by atoms with Gasteiger partial charge in [-0.3, -0.25) is 0 Å². The van der Waals surface area contributed by atoms with Gasteiger partial charge >= 0.3 is 0 Å². The minimum atomic E-state index is -0.517. The standard InChI is InChI=1S/C60H37N3S/c1-4-16-39(17-5-1)52-37-53(63-59(62-52)42-20-8-3-9-21-42)40-30-28-38(29-31-40)43-32-34-47-46(36-43)57-50(60(47)48-23-11-14-26-54(48)64-55-27-15-12-24-49(55)60)35-33-45-56(57)44-22-10-13-25-51(44)61-58(45)41-18-6-2-7-19-41/h1-37H. The van der Waals surface area contributed by atoms with Gasteiger partial charge in [0, 0.05) is 48.2 Å². The molecule has 11 aromatic rings. The van der Waals surface area contributed by atoms with Crippen molar-refractivity contribution in [2.75, 3.05) is 0 Å². The van der Waals surface area contributed by atoms with Gasteiger partial charge in [0.25, 0.3) is 0 Å². The average Bonchev–Trinajstić information content (AvgIpc) is 3.66. The van der Waals surface area contributed by atoms with Crippen LogP contribution in [-0.4, -0.2) is 15.0 Å². The number of hydrogen-bond donors (Lipinski definition) is 0. The van der Waals surface area contributed by atoms with Crippen LogP contribution in [0.25, 0.3) is 89.1 Å². The van der Waals surface area contributed by atoms with E-state index in [9.17, 15) is 0 Å². The van der Waals surface area contributed by atoms with Crippen LogP contribution in [0.3, 0.4) is 0 Å². The fourth-order valence-corrected chi connectivity index (χ4v) is 11.5. The molecule has 0 bridgehead atoms. The summed E-state index contributed by atoms with van der Waals surface area (Å²) in [5, 5.41) is 3.56. The minimum Gasteiger partial charge on any atom is -0.247 e. The maximum Gasteiger partial charge on any atom is 0.160 e. The first-order chi connectivity index (χ1) is 31.7. The highest BCUT2D eigenvalue weighted by molar-refractivity contribution is 7.99. The predicted molar refractivity (Wildman–Crippen MR) is 263 cm³/mol. The lowest BCUT2D eigenvalue weighted by atomic mass is 9.67. The van der Waals surface area contributed by atoms with E-state index in [1.54, 1.807) is 0 Å². The van der Waals surface area contributed by atoms with E-state index in [1.165, 1.54) is 48.6 Å². The third-order valence-electron chi connectivity index (χ3n) is 13.2. The number of para-hydroxylation sites is 1. The molecule has 0 fully saturated rings. The first kappa shape index (κ1) is 36.7. The zero-order valence-electron chi connectivity index (χ0n) is 34.6. The summed E-state index contributed by atoms with van der Waals surface area (Å²) in [6, 6.07) is 80.9. The van der Waals surface area contributed by atoms with Crippen molar-refractivity contribution in [3.63, 3.8) is 0 Å². The minimum absolute atomic E-state index is 0.517. The smallest absolute Gasteiger partial charge is 0.160 e. The molecular weight excluding hydrogens is 795 g/mol. The molecule has 298 valence electrons. The fourth-order valence-electron chi connectivity index (χ4n) is 10.3. The van der Waals surface area contributed by atoms with E-state index in [1.807, 2.05) is 36.0 Å². The average molecular weight is 832 g/mol. The van der Waals surface area contributed by atoms with Crippen LogP contribution in [0.4, 0.5) is 0 Å². The highest BCUT2D eigenvalue weighted by Gasteiger charge is 2.51. The number of aromatic nitrogens is 3. The molecule has 0 radical (unpaired) electrons. The molecule has 13 rings (SSSR count). The molecule has 1 spiro atoms. The summed E-state index contributed by atoms with van der Waals surface area (Å²) >= 11 is 1.88. The topological polar surface area (TPSA) is 38.7 Å². The number of hydrogen-bond acceptors (Lipinski definition) is 4. The van der Waals surface area contributed by atoms with Crippen LogP contribution in [0.2, 0.25) is 0 Å². The van der Waals surface area contributed by atoms with Gasteiger partial charge in [0.05, 0.1) is 28.0 Å². The summed E-state index contributed by atoms with van der Waals surface area (Å²) in [5.41, 5.74) is 17.6. The molecule has 9 aromatic carbocycles. The van der Waals surface area contributed by atoms with Crippen molar-refractivity contribution in [1.29, 1.82) is 0 Å². The second-order valence-electron chi connectivity index (χ2n) is 16.6. The summed E-state index contributed by atoms with van der Waals surface area (Å²) in [5.74, 6) is 0.710. The van der Waals surface area contributed by atoms with Gasteiger partial charge in [0.15, 0.2) is 5.82 Å². The Labute approximate surface area is 375 Å². The van der Waals surface area contributed by atoms with Gasteiger partial charge in [-0.2, -0.15) is 0 Å². The summed E-state index contributed by atoms with van der Waals surface area (Å²) in [4.78, 5) is 18.1. The quantitative estimate of drug-likeness (QED) is 0.162. The van der Waals surface area contributed by atoms with Crippen molar-refractivity contribution < 1.29 is 0 Å². The Morgan fingerprint density at radius 3 is 1.56 bits per heavy atom. The lowest BCUT2D eigenvalue weighted by molar-refractivity contribution is 0.723. The van der Waals surface area contributed by atoms with E-state index >= 15 is 0 Å². The molecule has 1 aliphatic carbocycles. The second kappa shape index (κ2) is 14.6. The molecule has 0 atom stereocenters. The van der Waals surface area contributed by atoms with Crippen LogP contribution in [-0.2, 0) is 5.41 Å². The molecule has 0 amide bonds. The van der Waals surface area contributed by atoms with Crippen molar-refractivity contribution in [2.24, 2.45) is 0 Å². The Kier molecular flexibility index (Phi) is 8.37. The number of fused-ring (bicyclic) bond motifs is 13. The number of pyridine rings is 1. The number of nitrogens with zero attached hydrogens (tertiary/aromatic N) is 3. The monoisotopic (exact) mass is 831 g/mol. The normalized spacial score (nSPS) is 13.1. The molecule has 0 saturated heterocycles. The van der Waals surface area contributed by atoms with Crippen LogP contribution < -0.4 is 0 Å². The lowest BCUT2D eigenvalue weighted by Crippen LogP contribution is -2.31. The highest BCUT2D eigenvalue weighted by atomic mass is 32.2.